The monoisotopic (exact) mass is 652 g/mol. The summed E-state index contributed by atoms with van der Waals surface area (Å²) in [7, 11) is 0. The Kier molecular flexibility index (Phi) is 8.79. The summed E-state index contributed by atoms with van der Waals surface area (Å²) < 4.78 is 43.3. The molecule has 1 unspecified atom stereocenters. The fraction of sp³-hybridized carbons (Fsp3) is 0.300. The van der Waals surface area contributed by atoms with Crippen molar-refractivity contribution in [1.82, 2.24) is 9.88 Å². The highest BCUT2D eigenvalue weighted by Crippen LogP contribution is 2.42. The third-order valence-electron chi connectivity index (χ3n) is 7.31. The Morgan fingerprint density at radius 1 is 0.977 bits per heavy atom. The van der Waals surface area contributed by atoms with Crippen molar-refractivity contribution in [2.45, 2.75) is 53.5 Å². The van der Waals surface area contributed by atoms with E-state index >= 15 is 0 Å². The molecule has 1 saturated carbocycles. The van der Waals surface area contributed by atoms with Crippen molar-refractivity contribution in [2.24, 2.45) is 0 Å². The Hall–Kier alpha value is -3.14. The number of aliphatic hydroxyl groups excluding tert-OH is 1. The van der Waals surface area contributed by atoms with Gasteiger partial charge in [-0.15, -0.1) is 0 Å². The number of nitrogens with one attached hydrogen (secondary N) is 1. The summed E-state index contributed by atoms with van der Waals surface area (Å²) in [6, 6.07) is 15.4. The van der Waals surface area contributed by atoms with Gasteiger partial charge in [-0.2, -0.15) is 13.2 Å². The van der Waals surface area contributed by atoms with Crippen molar-refractivity contribution in [2.75, 3.05) is 6.61 Å². The molecular formula is C30H28ClF3N2O7S. The first kappa shape index (κ1) is 32.3. The van der Waals surface area contributed by atoms with Gasteiger partial charge < -0.3 is 40.5 Å². The molecule has 1 aliphatic carbocycles. The van der Waals surface area contributed by atoms with Crippen LogP contribution in [0.15, 0.2) is 71.6 Å². The molecule has 0 spiro atoms. The van der Waals surface area contributed by atoms with Crippen LogP contribution >= 0.6 is 23.4 Å². The number of carbonyl (C=O) groups excluding carboxylic acids is 1. The van der Waals surface area contributed by atoms with E-state index in [1.54, 1.807) is 24.3 Å². The predicted octanol–water partition coefficient (Wildman–Crippen LogP) is 4.06. The van der Waals surface area contributed by atoms with Crippen molar-refractivity contribution >= 4 is 40.2 Å². The lowest BCUT2D eigenvalue weighted by Gasteiger charge is -2.28. The highest BCUT2D eigenvalue weighted by Gasteiger charge is 2.47. The Balaban J connectivity index is 1.37. The standard InChI is InChI=1S/C30H28ClF3N2O7S/c31-20-5-1-17(24(14-20)28(32,33)34)12-22-13-19-11-18(4-10-26(19)36(22)21-6-7-21)27(38)35-25(15-37)16-2-8-23(9-3-16)44-30(42,43)29(39,40)41/h1-5,8-11,13-14,21,25,37,39-43H,6-7,12,15H2,(H,35,38). The average Bonchev–Trinajstić information content (AvgIpc) is 3.71. The molecule has 234 valence electrons. The minimum absolute atomic E-state index is 0.00558. The second-order valence-corrected chi connectivity index (χ2v) is 12.3. The van der Waals surface area contributed by atoms with E-state index in [0.29, 0.717) is 16.6 Å². The lowest BCUT2D eigenvalue weighted by atomic mass is 10.0. The zero-order valence-corrected chi connectivity index (χ0v) is 24.4. The number of rotatable bonds is 10. The third-order valence-corrected chi connectivity index (χ3v) is 8.61. The molecule has 0 bridgehead atoms. The SMILES string of the molecule is O=C(NC(CO)c1ccc(SC(O)(O)C(O)(O)O)cc1)c1ccc2c(c1)cc(Cc1ccc(Cl)cc1C(F)(F)F)n2C1CC1. The lowest BCUT2D eigenvalue weighted by Crippen LogP contribution is -2.51. The van der Waals surface area contributed by atoms with Crippen molar-refractivity contribution in [3.8, 4) is 0 Å². The number of hydrogen-bond acceptors (Lipinski definition) is 8. The van der Waals surface area contributed by atoms with Gasteiger partial charge in [0.2, 0.25) is 0 Å². The van der Waals surface area contributed by atoms with Gasteiger partial charge in [0, 0.05) is 44.5 Å². The van der Waals surface area contributed by atoms with Crippen LogP contribution in [0.2, 0.25) is 5.02 Å². The number of thioether (sulfide) groups is 1. The van der Waals surface area contributed by atoms with Crippen LogP contribution in [0.3, 0.4) is 0 Å². The molecule has 1 amide bonds. The van der Waals surface area contributed by atoms with Crippen LogP contribution in [0.25, 0.3) is 10.9 Å². The topological polar surface area (TPSA) is 155 Å². The zero-order chi connectivity index (χ0) is 32.0. The number of halogens is 4. The first-order valence-corrected chi connectivity index (χ1v) is 14.6. The zero-order valence-electron chi connectivity index (χ0n) is 22.8. The fourth-order valence-electron chi connectivity index (χ4n) is 4.97. The molecule has 44 heavy (non-hydrogen) atoms. The number of nitrogens with zero attached hydrogens (tertiary/aromatic N) is 1. The average molecular weight is 653 g/mol. The maximum atomic E-state index is 13.8. The number of hydrogen-bond donors (Lipinski definition) is 7. The van der Waals surface area contributed by atoms with E-state index in [-0.39, 0.29) is 45.3 Å². The van der Waals surface area contributed by atoms with Crippen LogP contribution in [-0.2, 0) is 12.6 Å². The number of benzene rings is 3. The van der Waals surface area contributed by atoms with E-state index < -0.39 is 41.4 Å². The molecule has 1 aliphatic rings. The van der Waals surface area contributed by atoms with Gasteiger partial charge in [-0.1, -0.05) is 41.6 Å². The number of fused-ring (bicyclic) bond motifs is 1. The molecule has 1 aromatic heterocycles. The van der Waals surface area contributed by atoms with Gasteiger partial charge in [-0.3, -0.25) is 4.79 Å². The highest BCUT2D eigenvalue weighted by molar-refractivity contribution is 8.00. The van der Waals surface area contributed by atoms with Crippen LogP contribution in [0.1, 0.15) is 57.7 Å². The van der Waals surface area contributed by atoms with Crippen molar-refractivity contribution in [1.29, 1.82) is 0 Å². The number of aromatic nitrogens is 1. The molecule has 9 nitrogen and oxygen atoms in total. The molecule has 4 aromatic rings. The minimum Gasteiger partial charge on any atom is -0.394 e. The predicted molar refractivity (Wildman–Crippen MR) is 156 cm³/mol. The Morgan fingerprint density at radius 3 is 2.25 bits per heavy atom. The summed E-state index contributed by atoms with van der Waals surface area (Å²) in [6.45, 7) is -0.484. The summed E-state index contributed by atoms with van der Waals surface area (Å²) in [5, 5.41) is 56.6. The van der Waals surface area contributed by atoms with Crippen LogP contribution in [-0.4, -0.2) is 58.8 Å². The van der Waals surface area contributed by atoms with E-state index in [1.165, 1.54) is 36.4 Å². The van der Waals surface area contributed by atoms with Gasteiger partial charge in [0.05, 0.1) is 18.2 Å². The Bertz CT molecular complexity index is 1680. The van der Waals surface area contributed by atoms with Gasteiger partial charge >= 0.3 is 17.3 Å². The van der Waals surface area contributed by atoms with Crippen LogP contribution in [0, 0.1) is 0 Å². The summed E-state index contributed by atoms with van der Waals surface area (Å²) in [5.41, 5.74) is 1.47. The summed E-state index contributed by atoms with van der Waals surface area (Å²) >= 11 is 6.01. The van der Waals surface area contributed by atoms with Gasteiger partial charge in [-0.05, 0) is 72.5 Å². The van der Waals surface area contributed by atoms with Crippen LogP contribution < -0.4 is 5.32 Å². The number of carbonyl (C=O) groups is 1. The maximum Gasteiger partial charge on any atom is 0.416 e. The second kappa shape index (κ2) is 12.0. The van der Waals surface area contributed by atoms with Crippen molar-refractivity contribution < 1.29 is 48.6 Å². The van der Waals surface area contributed by atoms with E-state index in [4.69, 9.17) is 26.9 Å². The molecule has 1 heterocycles. The largest absolute Gasteiger partial charge is 0.416 e. The van der Waals surface area contributed by atoms with Gasteiger partial charge in [0.25, 0.3) is 5.91 Å². The molecule has 1 fully saturated rings. The quantitative estimate of drug-likeness (QED) is 0.1000. The van der Waals surface area contributed by atoms with Gasteiger partial charge in [-0.25, -0.2) is 0 Å². The molecule has 5 rings (SSSR count). The second-order valence-electron chi connectivity index (χ2n) is 10.6. The summed E-state index contributed by atoms with van der Waals surface area (Å²) in [5.74, 6) is -4.31. The number of alkyl halides is 3. The lowest BCUT2D eigenvalue weighted by molar-refractivity contribution is -0.411. The molecule has 0 saturated heterocycles. The Labute approximate surface area is 258 Å². The van der Waals surface area contributed by atoms with Crippen molar-refractivity contribution in [3.63, 3.8) is 0 Å². The van der Waals surface area contributed by atoms with Crippen LogP contribution in [0.5, 0.6) is 0 Å². The highest BCUT2D eigenvalue weighted by atomic mass is 35.5. The first-order chi connectivity index (χ1) is 20.6. The number of aliphatic hydroxyl groups is 6. The molecule has 1 atom stereocenters. The molecule has 0 aliphatic heterocycles. The third kappa shape index (κ3) is 6.90. The first-order valence-electron chi connectivity index (χ1n) is 13.4. The molecule has 7 N–H and O–H groups in total. The summed E-state index contributed by atoms with van der Waals surface area (Å²) in [4.78, 5) is 13.3. The van der Waals surface area contributed by atoms with Gasteiger partial charge in [0.1, 0.15) is 0 Å². The molecule has 3 aromatic carbocycles. The van der Waals surface area contributed by atoms with E-state index in [1.807, 2.05) is 4.57 Å². The normalized spacial score (nSPS) is 15.0. The van der Waals surface area contributed by atoms with E-state index in [2.05, 4.69) is 5.32 Å². The van der Waals surface area contributed by atoms with E-state index in [0.717, 1.165) is 24.4 Å². The number of amides is 1. The minimum atomic E-state index is -4.57. The van der Waals surface area contributed by atoms with Gasteiger partial charge in [0.15, 0.2) is 0 Å². The molecule has 14 heteroatoms. The molecular weight excluding hydrogens is 625 g/mol. The van der Waals surface area contributed by atoms with Crippen LogP contribution in [0.4, 0.5) is 13.2 Å². The molecule has 0 radical (unpaired) electrons. The van der Waals surface area contributed by atoms with E-state index in [9.17, 15) is 33.3 Å². The summed E-state index contributed by atoms with van der Waals surface area (Å²) in [6.07, 6.45) is -2.78. The maximum absolute atomic E-state index is 13.8. The smallest absolute Gasteiger partial charge is 0.394 e. The van der Waals surface area contributed by atoms with Crippen molar-refractivity contribution in [3.05, 3.63) is 99.7 Å². The Morgan fingerprint density at radius 2 is 1.66 bits per heavy atom. The fourth-order valence-corrected chi connectivity index (χ4v) is 5.88.